The molecule has 1 unspecified atom stereocenters. The lowest BCUT2D eigenvalue weighted by Crippen LogP contribution is -2.28. The van der Waals surface area contributed by atoms with E-state index in [9.17, 15) is 18.8 Å². The number of nitrogens with zero attached hydrogens (tertiary/aromatic N) is 5. The first-order chi connectivity index (χ1) is 16.1. The average Bonchev–Trinajstić information content (AvgIpc) is 2.74. The van der Waals surface area contributed by atoms with Gasteiger partial charge < -0.3 is 16.8 Å². The molecule has 2 aromatic heterocycles. The van der Waals surface area contributed by atoms with E-state index in [2.05, 4.69) is 20.3 Å². The minimum Gasteiger partial charge on any atom is -0.382 e. The van der Waals surface area contributed by atoms with Crippen molar-refractivity contribution >= 4 is 40.1 Å². The van der Waals surface area contributed by atoms with Gasteiger partial charge in [-0.05, 0) is 37.6 Å². The van der Waals surface area contributed by atoms with Gasteiger partial charge in [-0.2, -0.15) is 15.2 Å². The highest BCUT2D eigenvalue weighted by Gasteiger charge is 2.23. The normalized spacial score (nSPS) is 11.9. The van der Waals surface area contributed by atoms with E-state index in [0.717, 1.165) is 16.7 Å². The Hall–Kier alpha value is -4.30. The van der Waals surface area contributed by atoms with Gasteiger partial charge in [-0.25, -0.2) is 13.8 Å². The van der Waals surface area contributed by atoms with Gasteiger partial charge in [-0.15, -0.1) is 0 Å². The van der Waals surface area contributed by atoms with Crippen molar-refractivity contribution in [2.45, 2.75) is 19.9 Å². The standard InChI is InChI=1S/C22H17ClF2N8O/c1-9-3-4-15(23)16-17(9)30-20(33(21(16)34)13-6-11(24)5-12(25)7-13)10(2)29-19-14(8-26)18(27)31-22(28)32-19/h3-7,10H,1-2H3,(H5,27,28,29,31,32). The lowest BCUT2D eigenvalue weighted by atomic mass is 10.1. The molecular formula is C22H17ClF2N8O. The number of anilines is 3. The van der Waals surface area contributed by atoms with Crippen LogP contribution in [-0.4, -0.2) is 19.5 Å². The number of rotatable bonds is 4. The molecule has 4 rings (SSSR count). The summed E-state index contributed by atoms with van der Waals surface area (Å²) in [6.45, 7) is 3.37. The van der Waals surface area contributed by atoms with Gasteiger partial charge in [-0.3, -0.25) is 9.36 Å². The molecule has 2 aromatic carbocycles. The van der Waals surface area contributed by atoms with Gasteiger partial charge in [0.1, 0.15) is 34.9 Å². The molecule has 34 heavy (non-hydrogen) atoms. The van der Waals surface area contributed by atoms with Crippen molar-refractivity contribution in [2.24, 2.45) is 0 Å². The van der Waals surface area contributed by atoms with Gasteiger partial charge in [-0.1, -0.05) is 17.7 Å². The van der Waals surface area contributed by atoms with Crippen LogP contribution in [0, 0.1) is 29.9 Å². The quantitative estimate of drug-likeness (QED) is 0.399. The Labute approximate surface area is 196 Å². The van der Waals surface area contributed by atoms with Gasteiger partial charge in [0.05, 0.1) is 27.7 Å². The molecule has 12 heteroatoms. The Morgan fingerprint density at radius 2 is 1.82 bits per heavy atom. The van der Waals surface area contributed by atoms with Gasteiger partial charge in [0.25, 0.3) is 5.56 Å². The molecule has 0 radical (unpaired) electrons. The number of aromatic nitrogens is 4. The van der Waals surface area contributed by atoms with Gasteiger partial charge in [0, 0.05) is 6.07 Å². The summed E-state index contributed by atoms with van der Waals surface area (Å²) in [6, 6.07) is 7.01. The van der Waals surface area contributed by atoms with Crippen molar-refractivity contribution in [1.82, 2.24) is 19.5 Å². The summed E-state index contributed by atoms with van der Waals surface area (Å²) < 4.78 is 29.2. The number of aryl methyl sites for hydroxylation is 1. The maximum atomic E-state index is 14.1. The maximum absolute atomic E-state index is 14.1. The summed E-state index contributed by atoms with van der Waals surface area (Å²) in [5, 5.41) is 12.6. The van der Waals surface area contributed by atoms with Crippen LogP contribution in [0.3, 0.4) is 0 Å². The molecule has 2 heterocycles. The SMILES string of the molecule is Cc1ccc(Cl)c2c(=O)n(-c3cc(F)cc(F)c3)c(C(C)Nc3nc(N)nc(N)c3C#N)nc12. The van der Waals surface area contributed by atoms with E-state index in [4.69, 9.17) is 23.1 Å². The second-order valence-electron chi connectivity index (χ2n) is 7.49. The summed E-state index contributed by atoms with van der Waals surface area (Å²) in [5.74, 6) is -1.99. The fourth-order valence-corrected chi connectivity index (χ4v) is 3.82. The minimum absolute atomic E-state index is 0.00846. The van der Waals surface area contributed by atoms with E-state index in [-0.39, 0.29) is 45.1 Å². The highest BCUT2D eigenvalue weighted by Crippen LogP contribution is 2.28. The number of nitrogens with two attached hydrogens (primary N) is 2. The van der Waals surface area contributed by atoms with Gasteiger partial charge in [0.2, 0.25) is 5.95 Å². The van der Waals surface area contributed by atoms with E-state index in [1.807, 2.05) is 6.07 Å². The summed E-state index contributed by atoms with van der Waals surface area (Å²) in [6.07, 6.45) is 0. The topological polar surface area (TPSA) is 149 Å². The number of hydrogen-bond donors (Lipinski definition) is 3. The largest absolute Gasteiger partial charge is 0.382 e. The van der Waals surface area contributed by atoms with Crippen molar-refractivity contribution in [3.63, 3.8) is 0 Å². The third-order valence-electron chi connectivity index (χ3n) is 5.11. The molecule has 0 spiro atoms. The molecule has 0 amide bonds. The van der Waals surface area contributed by atoms with Crippen LogP contribution in [0.2, 0.25) is 5.02 Å². The summed E-state index contributed by atoms with van der Waals surface area (Å²) in [5.41, 5.74) is 11.6. The van der Waals surface area contributed by atoms with Crippen molar-refractivity contribution in [3.8, 4) is 11.8 Å². The lowest BCUT2D eigenvalue weighted by Gasteiger charge is -2.21. The minimum atomic E-state index is -0.882. The monoisotopic (exact) mass is 482 g/mol. The highest BCUT2D eigenvalue weighted by molar-refractivity contribution is 6.35. The Morgan fingerprint density at radius 1 is 1.15 bits per heavy atom. The van der Waals surface area contributed by atoms with Crippen LogP contribution in [0.5, 0.6) is 0 Å². The molecule has 0 aliphatic carbocycles. The second-order valence-corrected chi connectivity index (χ2v) is 7.90. The number of nitrogens with one attached hydrogen (secondary N) is 1. The second kappa shape index (κ2) is 8.57. The molecular weight excluding hydrogens is 466 g/mol. The predicted octanol–water partition coefficient (Wildman–Crippen LogP) is 3.62. The zero-order chi connectivity index (χ0) is 24.7. The Kier molecular flexibility index (Phi) is 5.76. The Bertz CT molecular complexity index is 1540. The van der Waals surface area contributed by atoms with Crippen LogP contribution < -0.4 is 22.3 Å². The molecule has 0 saturated carbocycles. The fraction of sp³-hybridized carbons (Fsp3) is 0.136. The number of halogens is 3. The Morgan fingerprint density at radius 3 is 2.47 bits per heavy atom. The molecule has 1 atom stereocenters. The van der Waals surface area contributed by atoms with Crippen molar-refractivity contribution in [1.29, 1.82) is 5.26 Å². The molecule has 5 N–H and O–H groups in total. The van der Waals surface area contributed by atoms with E-state index >= 15 is 0 Å². The van der Waals surface area contributed by atoms with Crippen LogP contribution in [0.4, 0.5) is 26.4 Å². The van der Waals surface area contributed by atoms with Crippen LogP contribution in [0.15, 0.2) is 35.1 Å². The summed E-state index contributed by atoms with van der Waals surface area (Å²) >= 11 is 6.29. The molecule has 0 bridgehead atoms. The summed E-state index contributed by atoms with van der Waals surface area (Å²) in [7, 11) is 0. The van der Waals surface area contributed by atoms with E-state index in [1.165, 1.54) is 0 Å². The van der Waals surface area contributed by atoms with E-state index in [0.29, 0.717) is 17.1 Å². The number of fused-ring (bicyclic) bond motifs is 1. The predicted molar refractivity (Wildman–Crippen MR) is 125 cm³/mol. The lowest BCUT2D eigenvalue weighted by molar-refractivity contribution is 0.579. The highest BCUT2D eigenvalue weighted by atomic mass is 35.5. The molecule has 0 aliphatic heterocycles. The van der Waals surface area contributed by atoms with E-state index in [1.54, 1.807) is 26.0 Å². The zero-order valence-corrected chi connectivity index (χ0v) is 18.7. The van der Waals surface area contributed by atoms with Crippen LogP contribution >= 0.6 is 11.6 Å². The fourth-order valence-electron chi connectivity index (χ4n) is 3.59. The third-order valence-corrected chi connectivity index (χ3v) is 5.43. The van der Waals surface area contributed by atoms with Crippen molar-refractivity contribution in [3.05, 3.63) is 74.3 Å². The number of nitrogen functional groups attached to an aromatic ring is 2. The average molecular weight is 483 g/mol. The molecule has 0 saturated heterocycles. The van der Waals surface area contributed by atoms with Crippen molar-refractivity contribution < 1.29 is 8.78 Å². The molecule has 172 valence electrons. The van der Waals surface area contributed by atoms with Gasteiger partial charge in [0.15, 0.2) is 5.82 Å². The molecule has 4 aromatic rings. The Balaban J connectivity index is 2.01. The first kappa shape index (κ1) is 22.9. The first-order valence-corrected chi connectivity index (χ1v) is 10.3. The number of hydrogen-bond acceptors (Lipinski definition) is 8. The molecule has 0 fully saturated rings. The van der Waals surface area contributed by atoms with Crippen molar-refractivity contribution in [2.75, 3.05) is 16.8 Å². The van der Waals surface area contributed by atoms with Crippen LogP contribution in [0.25, 0.3) is 16.6 Å². The maximum Gasteiger partial charge on any atom is 0.267 e. The number of benzene rings is 2. The smallest absolute Gasteiger partial charge is 0.267 e. The van der Waals surface area contributed by atoms with Crippen LogP contribution in [0.1, 0.15) is 29.9 Å². The third kappa shape index (κ3) is 3.95. The van der Waals surface area contributed by atoms with Gasteiger partial charge >= 0.3 is 0 Å². The van der Waals surface area contributed by atoms with Crippen LogP contribution in [-0.2, 0) is 0 Å². The summed E-state index contributed by atoms with van der Waals surface area (Å²) in [4.78, 5) is 26.0. The first-order valence-electron chi connectivity index (χ1n) is 9.88. The van der Waals surface area contributed by atoms with E-state index < -0.39 is 23.2 Å². The molecule has 0 aliphatic rings. The zero-order valence-electron chi connectivity index (χ0n) is 17.9. The molecule has 9 nitrogen and oxygen atoms in total. The number of nitriles is 1.